The van der Waals surface area contributed by atoms with Crippen LogP contribution in [0.1, 0.15) is 29.8 Å². The molecule has 4 nitrogen and oxygen atoms in total. The average Bonchev–Trinajstić information content (AvgIpc) is 2.60. The Hall–Kier alpha value is -2.27. The molecular formula is C20H24FN3O. The average molecular weight is 341 g/mol. The molecule has 0 saturated carbocycles. The molecule has 1 aliphatic heterocycles. The number of carbonyl (C=O) groups excluding carboxylic acids is 1. The number of amides is 1. The summed E-state index contributed by atoms with van der Waals surface area (Å²) in [6.45, 7) is 4.74. The molecule has 0 bridgehead atoms. The third-order valence-corrected chi connectivity index (χ3v) is 4.56. The van der Waals surface area contributed by atoms with E-state index in [1.54, 1.807) is 12.1 Å². The predicted molar refractivity (Wildman–Crippen MR) is 95.2 cm³/mol. The molecule has 1 aliphatic rings. The molecule has 0 aliphatic carbocycles. The highest BCUT2D eigenvalue weighted by atomic mass is 19.1. The van der Waals surface area contributed by atoms with Crippen LogP contribution >= 0.6 is 0 Å². The summed E-state index contributed by atoms with van der Waals surface area (Å²) >= 11 is 0. The van der Waals surface area contributed by atoms with Gasteiger partial charge >= 0.3 is 0 Å². The van der Waals surface area contributed by atoms with E-state index in [9.17, 15) is 9.18 Å². The summed E-state index contributed by atoms with van der Waals surface area (Å²) in [6, 6.07) is 12.5. The van der Waals surface area contributed by atoms with E-state index in [-0.39, 0.29) is 17.6 Å². The Balaban J connectivity index is 1.52. The summed E-state index contributed by atoms with van der Waals surface area (Å²) in [4.78, 5) is 19.1. The van der Waals surface area contributed by atoms with E-state index in [0.29, 0.717) is 19.6 Å². The van der Waals surface area contributed by atoms with Crippen LogP contribution in [0, 0.1) is 18.7 Å². The molecule has 2 aromatic rings. The van der Waals surface area contributed by atoms with E-state index in [4.69, 9.17) is 0 Å². The molecule has 132 valence electrons. The molecule has 1 N–H and O–H groups in total. The molecule has 3 rings (SSSR count). The third kappa shape index (κ3) is 5.10. The lowest BCUT2D eigenvalue weighted by atomic mass is 9.96. The molecule has 2 heterocycles. The van der Waals surface area contributed by atoms with Crippen molar-refractivity contribution in [3.05, 3.63) is 65.2 Å². The predicted octanol–water partition coefficient (Wildman–Crippen LogP) is 3.06. The topological polar surface area (TPSA) is 45.2 Å². The molecule has 0 unspecified atom stereocenters. The summed E-state index contributed by atoms with van der Waals surface area (Å²) < 4.78 is 13.3. The van der Waals surface area contributed by atoms with Crippen molar-refractivity contribution in [3.8, 4) is 0 Å². The normalized spacial score (nSPS) is 18.1. The molecule has 1 atom stereocenters. The first kappa shape index (κ1) is 17.5. The zero-order chi connectivity index (χ0) is 17.6. The molecule has 1 amide bonds. The Bertz CT molecular complexity index is 734. The SMILES string of the molecule is Cc1cccc(CNC(=O)[C@H]2CCCN(Cc3cccc(F)c3)C2)n1. The Kier molecular flexibility index (Phi) is 5.76. The number of likely N-dealkylation sites (tertiary alicyclic amines) is 1. The van der Waals surface area contributed by atoms with Crippen molar-refractivity contribution in [2.24, 2.45) is 5.92 Å². The van der Waals surface area contributed by atoms with Crippen molar-refractivity contribution in [2.45, 2.75) is 32.9 Å². The van der Waals surface area contributed by atoms with Crippen molar-refractivity contribution in [2.75, 3.05) is 13.1 Å². The zero-order valence-electron chi connectivity index (χ0n) is 14.5. The maximum atomic E-state index is 13.3. The number of aromatic nitrogens is 1. The van der Waals surface area contributed by atoms with Gasteiger partial charge in [-0.3, -0.25) is 14.7 Å². The van der Waals surface area contributed by atoms with Crippen LogP contribution in [0.4, 0.5) is 4.39 Å². The van der Waals surface area contributed by atoms with Gasteiger partial charge in [-0.25, -0.2) is 4.39 Å². The van der Waals surface area contributed by atoms with Crippen molar-refractivity contribution in [1.82, 2.24) is 15.2 Å². The second-order valence-corrected chi connectivity index (χ2v) is 6.69. The number of carbonyl (C=O) groups is 1. The number of hydrogen-bond acceptors (Lipinski definition) is 3. The minimum Gasteiger partial charge on any atom is -0.350 e. The van der Waals surface area contributed by atoms with Gasteiger partial charge in [0.05, 0.1) is 18.2 Å². The lowest BCUT2D eigenvalue weighted by molar-refractivity contribution is -0.127. The molecule has 1 aromatic heterocycles. The van der Waals surface area contributed by atoms with Gasteiger partial charge in [-0.1, -0.05) is 18.2 Å². The van der Waals surface area contributed by atoms with Crippen LogP contribution < -0.4 is 5.32 Å². The first-order chi connectivity index (χ1) is 12.1. The minimum atomic E-state index is -0.213. The number of aryl methyl sites for hydroxylation is 1. The van der Waals surface area contributed by atoms with Gasteiger partial charge in [0.15, 0.2) is 0 Å². The Morgan fingerprint density at radius 2 is 2.16 bits per heavy atom. The van der Waals surface area contributed by atoms with Gasteiger partial charge < -0.3 is 5.32 Å². The number of halogens is 1. The lowest BCUT2D eigenvalue weighted by Gasteiger charge is -2.32. The first-order valence-corrected chi connectivity index (χ1v) is 8.77. The van der Waals surface area contributed by atoms with E-state index in [1.807, 2.05) is 31.2 Å². The molecule has 1 fully saturated rings. The number of hydrogen-bond donors (Lipinski definition) is 1. The maximum Gasteiger partial charge on any atom is 0.224 e. The summed E-state index contributed by atoms with van der Waals surface area (Å²) in [6.07, 6.45) is 1.88. The van der Waals surface area contributed by atoms with Crippen molar-refractivity contribution in [3.63, 3.8) is 0 Å². The van der Waals surface area contributed by atoms with Gasteiger partial charge in [-0.15, -0.1) is 0 Å². The Labute approximate surface area is 148 Å². The molecular weight excluding hydrogens is 317 g/mol. The van der Waals surface area contributed by atoms with Crippen molar-refractivity contribution >= 4 is 5.91 Å². The van der Waals surface area contributed by atoms with E-state index >= 15 is 0 Å². The Morgan fingerprint density at radius 3 is 2.96 bits per heavy atom. The van der Waals surface area contributed by atoms with Crippen LogP contribution in [0.5, 0.6) is 0 Å². The molecule has 25 heavy (non-hydrogen) atoms. The van der Waals surface area contributed by atoms with Crippen LogP contribution in [0.15, 0.2) is 42.5 Å². The van der Waals surface area contributed by atoms with Gasteiger partial charge in [0.25, 0.3) is 0 Å². The van der Waals surface area contributed by atoms with Gasteiger partial charge in [0.2, 0.25) is 5.91 Å². The quantitative estimate of drug-likeness (QED) is 0.909. The van der Waals surface area contributed by atoms with Gasteiger partial charge in [-0.05, 0) is 56.1 Å². The monoisotopic (exact) mass is 341 g/mol. The van der Waals surface area contributed by atoms with E-state index < -0.39 is 0 Å². The van der Waals surface area contributed by atoms with Crippen LogP contribution in [0.3, 0.4) is 0 Å². The van der Waals surface area contributed by atoms with Gasteiger partial charge in [0.1, 0.15) is 5.82 Å². The number of pyridine rings is 1. The second-order valence-electron chi connectivity index (χ2n) is 6.69. The highest BCUT2D eigenvalue weighted by Gasteiger charge is 2.25. The van der Waals surface area contributed by atoms with Crippen molar-refractivity contribution in [1.29, 1.82) is 0 Å². The van der Waals surface area contributed by atoms with Crippen LogP contribution in [-0.2, 0) is 17.9 Å². The Morgan fingerprint density at radius 1 is 1.32 bits per heavy atom. The zero-order valence-corrected chi connectivity index (χ0v) is 14.5. The maximum absolute atomic E-state index is 13.3. The largest absolute Gasteiger partial charge is 0.350 e. The van der Waals surface area contributed by atoms with E-state index in [2.05, 4.69) is 15.2 Å². The minimum absolute atomic E-state index is 0.0212. The highest BCUT2D eigenvalue weighted by molar-refractivity contribution is 5.78. The second kappa shape index (κ2) is 8.21. The van der Waals surface area contributed by atoms with Crippen LogP contribution in [-0.4, -0.2) is 28.9 Å². The van der Waals surface area contributed by atoms with Crippen LogP contribution in [0.2, 0.25) is 0 Å². The highest BCUT2D eigenvalue weighted by Crippen LogP contribution is 2.19. The number of nitrogens with one attached hydrogen (secondary N) is 1. The van der Waals surface area contributed by atoms with E-state index in [1.165, 1.54) is 6.07 Å². The number of rotatable bonds is 5. The van der Waals surface area contributed by atoms with E-state index in [0.717, 1.165) is 36.3 Å². The molecule has 0 radical (unpaired) electrons. The molecule has 1 saturated heterocycles. The third-order valence-electron chi connectivity index (χ3n) is 4.56. The summed E-state index contributed by atoms with van der Waals surface area (Å²) in [7, 11) is 0. The summed E-state index contributed by atoms with van der Waals surface area (Å²) in [5.41, 5.74) is 2.77. The number of benzene rings is 1. The fourth-order valence-corrected chi connectivity index (χ4v) is 3.33. The fraction of sp³-hybridized carbons (Fsp3) is 0.400. The number of nitrogens with zero attached hydrogens (tertiary/aromatic N) is 2. The van der Waals surface area contributed by atoms with Gasteiger partial charge in [0, 0.05) is 18.8 Å². The summed E-state index contributed by atoms with van der Waals surface area (Å²) in [5.74, 6) is -0.158. The molecule has 0 spiro atoms. The molecule has 1 aromatic carbocycles. The molecule has 5 heteroatoms. The summed E-state index contributed by atoms with van der Waals surface area (Å²) in [5, 5.41) is 3.00. The van der Waals surface area contributed by atoms with Crippen LogP contribution in [0.25, 0.3) is 0 Å². The smallest absolute Gasteiger partial charge is 0.224 e. The fourth-order valence-electron chi connectivity index (χ4n) is 3.33. The first-order valence-electron chi connectivity index (χ1n) is 8.77. The standard InChI is InChI=1S/C20H24FN3O/c1-15-5-2-9-19(23-15)12-22-20(25)17-7-4-10-24(14-17)13-16-6-3-8-18(21)11-16/h2-3,5-6,8-9,11,17H,4,7,10,12-14H2,1H3,(H,22,25)/t17-/m0/s1. The van der Waals surface area contributed by atoms with Gasteiger partial charge in [-0.2, -0.15) is 0 Å². The lowest BCUT2D eigenvalue weighted by Crippen LogP contribution is -2.42. The van der Waals surface area contributed by atoms with Crippen molar-refractivity contribution < 1.29 is 9.18 Å². The number of piperidine rings is 1.